The fourth-order valence-corrected chi connectivity index (χ4v) is 1.61. The molecule has 2 rings (SSSR count). The first-order valence-electron chi connectivity index (χ1n) is 4.46. The van der Waals surface area contributed by atoms with E-state index in [1.165, 1.54) is 6.92 Å². The third-order valence-corrected chi connectivity index (χ3v) is 2.22. The first-order chi connectivity index (χ1) is 6.68. The molecular formula is C11H11NO2. The lowest BCUT2D eigenvalue weighted by atomic mass is 10.1. The lowest BCUT2D eigenvalue weighted by Crippen LogP contribution is -1.95. The zero-order chi connectivity index (χ0) is 10.1. The predicted molar refractivity (Wildman–Crippen MR) is 54.3 cm³/mol. The van der Waals surface area contributed by atoms with E-state index >= 15 is 0 Å². The van der Waals surface area contributed by atoms with Crippen molar-refractivity contribution in [2.45, 2.75) is 13.3 Å². The van der Waals surface area contributed by atoms with Crippen LogP contribution in [0.25, 0.3) is 10.9 Å². The molecule has 1 heterocycles. The molecule has 0 aliphatic heterocycles. The molecule has 0 fully saturated rings. The molecule has 0 aliphatic carbocycles. The van der Waals surface area contributed by atoms with E-state index in [2.05, 4.69) is 4.98 Å². The SMILES string of the molecule is CC(=O)Cc1c(O)[nH]c2ccccc12. The van der Waals surface area contributed by atoms with Gasteiger partial charge in [0.05, 0.1) is 0 Å². The smallest absolute Gasteiger partial charge is 0.193 e. The van der Waals surface area contributed by atoms with Crippen molar-refractivity contribution in [1.29, 1.82) is 0 Å². The average molecular weight is 189 g/mol. The Morgan fingerprint density at radius 1 is 1.43 bits per heavy atom. The average Bonchev–Trinajstić information content (AvgIpc) is 2.43. The summed E-state index contributed by atoms with van der Waals surface area (Å²) < 4.78 is 0. The van der Waals surface area contributed by atoms with Crippen LogP contribution in [0, 0.1) is 0 Å². The Balaban J connectivity index is 2.62. The molecule has 3 nitrogen and oxygen atoms in total. The Kier molecular flexibility index (Phi) is 2.00. The molecule has 1 aromatic carbocycles. The second-order valence-corrected chi connectivity index (χ2v) is 3.38. The molecule has 14 heavy (non-hydrogen) atoms. The Labute approximate surface area is 81.4 Å². The van der Waals surface area contributed by atoms with Crippen molar-refractivity contribution in [3.05, 3.63) is 29.8 Å². The summed E-state index contributed by atoms with van der Waals surface area (Å²) >= 11 is 0. The molecule has 1 aromatic heterocycles. The summed E-state index contributed by atoms with van der Waals surface area (Å²) in [5.74, 6) is 0.145. The maximum Gasteiger partial charge on any atom is 0.193 e. The van der Waals surface area contributed by atoms with Crippen molar-refractivity contribution in [1.82, 2.24) is 4.98 Å². The van der Waals surface area contributed by atoms with E-state index in [-0.39, 0.29) is 18.1 Å². The first kappa shape index (κ1) is 8.81. The number of benzene rings is 1. The number of hydrogen-bond donors (Lipinski definition) is 2. The number of Topliss-reactive ketones (excluding diaryl/α,β-unsaturated/α-hetero) is 1. The van der Waals surface area contributed by atoms with Gasteiger partial charge in [-0.25, -0.2) is 0 Å². The van der Waals surface area contributed by atoms with Crippen LogP contribution in [0.4, 0.5) is 0 Å². The largest absolute Gasteiger partial charge is 0.494 e. The number of hydrogen-bond acceptors (Lipinski definition) is 2. The van der Waals surface area contributed by atoms with Gasteiger partial charge in [0.2, 0.25) is 0 Å². The number of ketones is 1. The van der Waals surface area contributed by atoms with Crippen molar-refractivity contribution in [3.8, 4) is 5.88 Å². The summed E-state index contributed by atoms with van der Waals surface area (Å²) in [7, 11) is 0. The molecule has 72 valence electrons. The normalized spacial score (nSPS) is 10.6. The number of aromatic amines is 1. The highest BCUT2D eigenvalue weighted by Gasteiger charge is 2.11. The van der Waals surface area contributed by atoms with Crippen LogP contribution in [0.3, 0.4) is 0 Å². The molecule has 0 saturated carbocycles. The molecular weight excluding hydrogens is 178 g/mol. The summed E-state index contributed by atoms with van der Waals surface area (Å²) in [4.78, 5) is 13.8. The second-order valence-electron chi connectivity index (χ2n) is 3.38. The number of aromatic nitrogens is 1. The third-order valence-electron chi connectivity index (χ3n) is 2.22. The van der Waals surface area contributed by atoms with Crippen LogP contribution < -0.4 is 0 Å². The molecule has 0 radical (unpaired) electrons. The van der Waals surface area contributed by atoms with E-state index in [4.69, 9.17) is 0 Å². The van der Waals surface area contributed by atoms with E-state index in [0.29, 0.717) is 5.56 Å². The third kappa shape index (κ3) is 1.37. The lowest BCUT2D eigenvalue weighted by molar-refractivity contribution is -0.116. The standard InChI is InChI=1S/C11H11NO2/c1-7(13)6-9-8-4-2-3-5-10(8)12-11(9)14/h2-5,12,14H,6H2,1H3. The number of nitrogens with one attached hydrogen (secondary N) is 1. The molecule has 0 aliphatic rings. The molecule has 0 spiro atoms. The fraction of sp³-hybridized carbons (Fsp3) is 0.182. The molecule has 3 heteroatoms. The summed E-state index contributed by atoms with van der Waals surface area (Å²) in [6.45, 7) is 1.52. The van der Waals surface area contributed by atoms with Gasteiger partial charge >= 0.3 is 0 Å². The van der Waals surface area contributed by atoms with Gasteiger partial charge in [-0.1, -0.05) is 18.2 Å². The van der Waals surface area contributed by atoms with E-state index in [9.17, 15) is 9.90 Å². The number of carbonyl (C=O) groups excluding carboxylic acids is 1. The van der Waals surface area contributed by atoms with Crippen molar-refractivity contribution < 1.29 is 9.90 Å². The molecule has 0 saturated heterocycles. The Morgan fingerprint density at radius 3 is 2.86 bits per heavy atom. The maximum atomic E-state index is 11.0. The highest BCUT2D eigenvalue weighted by atomic mass is 16.3. The van der Waals surface area contributed by atoms with Crippen LogP contribution in [0.5, 0.6) is 5.88 Å². The predicted octanol–water partition coefficient (Wildman–Crippen LogP) is 2.00. The van der Waals surface area contributed by atoms with Crippen LogP contribution in [0.1, 0.15) is 12.5 Å². The van der Waals surface area contributed by atoms with Gasteiger partial charge < -0.3 is 10.1 Å². The van der Waals surface area contributed by atoms with Crippen LogP contribution in [0.15, 0.2) is 24.3 Å². The molecule has 2 aromatic rings. The molecule has 0 unspecified atom stereocenters. The zero-order valence-electron chi connectivity index (χ0n) is 7.87. The van der Waals surface area contributed by atoms with Crippen molar-refractivity contribution in [3.63, 3.8) is 0 Å². The summed E-state index contributed by atoms with van der Waals surface area (Å²) in [5, 5.41) is 10.5. The van der Waals surface area contributed by atoms with Crippen LogP contribution in [-0.2, 0) is 11.2 Å². The summed E-state index contributed by atoms with van der Waals surface area (Å²) in [6, 6.07) is 7.54. The second kappa shape index (κ2) is 3.18. The minimum atomic E-state index is 0.0463. The minimum absolute atomic E-state index is 0.0463. The fourth-order valence-electron chi connectivity index (χ4n) is 1.61. The molecule has 0 bridgehead atoms. The monoisotopic (exact) mass is 189 g/mol. The van der Waals surface area contributed by atoms with Gasteiger partial charge in [0.15, 0.2) is 5.88 Å². The number of para-hydroxylation sites is 1. The Morgan fingerprint density at radius 2 is 2.14 bits per heavy atom. The maximum absolute atomic E-state index is 11.0. The van der Waals surface area contributed by atoms with Gasteiger partial charge in [-0.05, 0) is 13.0 Å². The number of aromatic hydroxyl groups is 1. The quantitative estimate of drug-likeness (QED) is 0.759. The zero-order valence-corrected chi connectivity index (χ0v) is 7.87. The van der Waals surface area contributed by atoms with E-state index in [1.807, 2.05) is 24.3 Å². The van der Waals surface area contributed by atoms with Gasteiger partial charge in [-0.15, -0.1) is 0 Å². The topological polar surface area (TPSA) is 53.1 Å². The summed E-state index contributed by atoms with van der Waals surface area (Å²) in [6.07, 6.45) is 0.274. The van der Waals surface area contributed by atoms with Gasteiger partial charge in [0, 0.05) is 22.9 Å². The van der Waals surface area contributed by atoms with E-state index in [0.717, 1.165) is 10.9 Å². The van der Waals surface area contributed by atoms with E-state index in [1.54, 1.807) is 0 Å². The number of fused-ring (bicyclic) bond motifs is 1. The van der Waals surface area contributed by atoms with Crippen molar-refractivity contribution >= 4 is 16.7 Å². The van der Waals surface area contributed by atoms with Crippen LogP contribution in [-0.4, -0.2) is 15.9 Å². The number of rotatable bonds is 2. The van der Waals surface area contributed by atoms with Gasteiger partial charge in [-0.3, -0.25) is 4.79 Å². The minimum Gasteiger partial charge on any atom is -0.494 e. The first-order valence-corrected chi connectivity index (χ1v) is 4.46. The summed E-state index contributed by atoms with van der Waals surface area (Å²) in [5.41, 5.74) is 1.55. The van der Waals surface area contributed by atoms with Crippen LogP contribution in [0.2, 0.25) is 0 Å². The number of carbonyl (C=O) groups is 1. The van der Waals surface area contributed by atoms with Crippen molar-refractivity contribution in [2.75, 3.05) is 0 Å². The highest BCUT2D eigenvalue weighted by molar-refractivity contribution is 5.90. The van der Waals surface area contributed by atoms with Crippen LogP contribution >= 0.6 is 0 Å². The van der Waals surface area contributed by atoms with E-state index < -0.39 is 0 Å². The highest BCUT2D eigenvalue weighted by Crippen LogP contribution is 2.27. The van der Waals surface area contributed by atoms with Gasteiger partial charge in [0.25, 0.3) is 0 Å². The Bertz CT molecular complexity index is 485. The molecule has 0 atom stereocenters. The van der Waals surface area contributed by atoms with Crippen molar-refractivity contribution in [2.24, 2.45) is 0 Å². The Hall–Kier alpha value is -1.77. The lowest BCUT2D eigenvalue weighted by Gasteiger charge is -1.95. The van der Waals surface area contributed by atoms with Gasteiger partial charge in [-0.2, -0.15) is 0 Å². The molecule has 2 N–H and O–H groups in total. The van der Waals surface area contributed by atoms with Gasteiger partial charge in [0.1, 0.15) is 5.78 Å². The number of H-pyrrole nitrogens is 1. The molecule has 0 amide bonds.